The van der Waals surface area contributed by atoms with Gasteiger partial charge in [0.2, 0.25) is 0 Å². The van der Waals surface area contributed by atoms with Crippen molar-refractivity contribution in [2.24, 2.45) is 0 Å². The molecule has 1 aliphatic heterocycles. The summed E-state index contributed by atoms with van der Waals surface area (Å²) in [4.78, 5) is 0. The molecule has 0 aliphatic carbocycles. The van der Waals surface area contributed by atoms with Crippen molar-refractivity contribution in [2.45, 2.75) is 25.3 Å². The maximum Gasteiger partial charge on any atom is 0.141 e. The van der Waals surface area contributed by atoms with Gasteiger partial charge >= 0.3 is 0 Å². The zero-order valence-corrected chi connectivity index (χ0v) is 9.85. The number of nitrogens with one attached hydrogen (secondary N) is 1. The molecule has 0 amide bonds. The number of hydrogen-bond acceptors (Lipinski definition) is 2. The van der Waals surface area contributed by atoms with Gasteiger partial charge in [-0.05, 0) is 41.4 Å². The fraction of sp³-hybridized carbons (Fsp3) is 0.455. The van der Waals surface area contributed by atoms with Crippen LogP contribution in [0.3, 0.4) is 0 Å². The van der Waals surface area contributed by atoms with Crippen molar-refractivity contribution in [1.82, 2.24) is 5.32 Å². The topological polar surface area (TPSA) is 32.3 Å². The minimum atomic E-state index is -0.424. The summed E-state index contributed by atoms with van der Waals surface area (Å²) in [5.74, 6) is -0.401. The Hall–Kier alpha value is -0.610. The second-order valence-electron chi connectivity index (χ2n) is 3.80. The van der Waals surface area contributed by atoms with E-state index in [0.29, 0.717) is 0 Å². The van der Waals surface area contributed by atoms with Gasteiger partial charge in [0.15, 0.2) is 0 Å². The van der Waals surface area contributed by atoms with E-state index in [1.165, 1.54) is 12.5 Å². The van der Waals surface area contributed by atoms with Crippen molar-refractivity contribution in [3.63, 3.8) is 0 Å². The highest BCUT2D eigenvalue weighted by Crippen LogP contribution is 2.36. The van der Waals surface area contributed by atoms with Crippen LogP contribution in [0.15, 0.2) is 16.6 Å². The van der Waals surface area contributed by atoms with Gasteiger partial charge in [-0.2, -0.15) is 0 Å². The van der Waals surface area contributed by atoms with Crippen LogP contribution >= 0.6 is 15.9 Å². The standard InChI is InChI=1S/C11H13BrFNO/c12-10-8(13)5-4-7(11(10)15)9-3-1-2-6-14-9/h4-5,9,14-15H,1-3,6H2/t9-/m1/s1. The molecule has 0 saturated carbocycles. The molecule has 2 rings (SSSR count). The molecule has 1 aromatic rings. The lowest BCUT2D eigenvalue weighted by Gasteiger charge is -2.24. The zero-order valence-electron chi connectivity index (χ0n) is 8.26. The fourth-order valence-electron chi connectivity index (χ4n) is 1.95. The fourth-order valence-corrected chi connectivity index (χ4v) is 2.31. The van der Waals surface area contributed by atoms with Gasteiger partial charge in [0.1, 0.15) is 11.6 Å². The van der Waals surface area contributed by atoms with Crippen LogP contribution in [-0.2, 0) is 0 Å². The summed E-state index contributed by atoms with van der Waals surface area (Å²) in [6.07, 6.45) is 3.30. The minimum absolute atomic E-state index is 0.0226. The molecule has 2 nitrogen and oxygen atoms in total. The molecular weight excluding hydrogens is 261 g/mol. The number of phenolic OH excluding ortho intramolecular Hbond substituents is 1. The van der Waals surface area contributed by atoms with Crippen LogP contribution in [-0.4, -0.2) is 11.7 Å². The number of aromatic hydroxyl groups is 1. The van der Waals surface area contributed by atoms with Crippen molar-refractivity contribution in [3.8, 4) is 5.75 Å². The highest BCUT2D eigenvalue weighted by atomic mass is 79.9. The molecule has 0 radical (unpaired) electrons. The number of hydrogen-bond donors (Lipinski definition) is 2. The van der Waals surface area contributed by atoms with Crippen LogP contribution < -0.4 is 5.32 Å². The average molecular weight is 274 g/mol. The number of benzene rings is 1. The highest BCUT2D eigenvalue weighted by Gasteiger charge is 2.20. The van der Waals surface area contributed by atoms with E-state index in [1.807, 2.05) is 0 Å². The van der Waals surface area contributed by atoms with Gasteiger partial charge in [-0.15, -0.1) is 0 Å². The summed E-state index contributed by atoms with van der Waals surface area (Å²) < 4.78 is 13.3. The van der Waals surface area contributed by atoms with Crippen LogP contribution in [0.2, 0.25) is 0 Å². The Morgan fingerprint density at radius 2 is 2.20 bits per heavy atom. The Labute approximate surface area is 96.6 Å². The summed E-state index contributed by atoms with van der Waals surface area (Å²) in [6.45, 7) is 0.957. The highest BCUT2D eigenvalue weighted by molar-refractivity contribution is 9.10. The van der Waals surface area contributed by atoms with Crippen LogP contribution in [0.5, 0.6) is 5.75 Å². The van der Waals surface area contributed by atoms with E-state index in [9.17, 15) is 9.50 Å². The summed E-state index contributed by atoms with van der Waals surface area (Å²) in [5.41, 5.74) is 0.781. The molecule has 15 heavy (non-hydrogen) atoms. The Kier molecular flexibility index (Phi) is 3.26. The number of halogens is 2. The van der Waals surface area contributed by atoms with Gasteiger partial charge in [0, 0.05) is 11.6 Å². The first-order chi connectivity index (χ1) is 7.20. The first kappa shape index (κ1) is 10.9. The molecular formula is C11H13BrFNO. The van der Waals surface area contributed by atoms with E-state index in [-0.39, 0.29) is 16.3 Å². The van der Waals surface area contributed by atoms with Gasteiger partial charge in [-0.25, -0.2) is 4.39 Å². The quantitative estimate of drug-likeness (QED) is 0.824. The molecule has 0 unspecified atom stereocenters. The Bertz CT molecular complexity index is 364. The van der Waals surface area contributed by atoms with Gasteiger partial charge in [-0.1, -0.05) is 12.5 Å². The number of piperidine rings is 1. The normalized spacial score (nSPS) is 21.6. The number of phenols is 1. The van der Waals surface area contributed by atoms with E-state index in [4.69, 9.17) is 0 Å². The summed E-state index contributed by atoms with van der Waals surface area (Å²) in [6, 6.07) is 3.18. The lowest BCUT2D eigenvalue weighted by molar-refractivity contribution is 0.387. The lowest BCUT2D eigenvalue weighted by atomic mass is 9.97. The van der Waals surface area contributed by atoms with E-state index in [2.05, 4.69) is 21.2 Å². The van der Waals surface area contributed by atoms with Crippen LogP contribution in [0, 0.1) is 5.82 Å². The molecule has 1 heterocycles. The third-order valence-electron chi connectivity index (χ3n) is 2.79. The Balaban J connectivity index is 2.31. The molecule has 82 valence electrons. The molecule has 0 aromatic heterocycles. The van der Waals surface area contributed by atoms with Crippen molar-refractivity contribution < 1.29 is 9.50 Å². The van der Waals surface area contributed by atoms with E-state index >= 15 is 0 Å². The van der Waals surface area contributed by atoms with Crippen LogP contribution in [0.25, 0.3) is 0 Å². The second-order valence-corrected chi connectivity index (χ2v) is 4.59. The average Bonchev–Trinajstić information content (AvgIpc) is 2.27. The van der Waals surface area contributed by atoms with Crippen molar-refractivity contribution in [1.29, 1.82) is 0 Å². The van der Waals surface area contributed by atoms with Crippen molar-refractivity contribution >= 4 is 15.9 Å². The van der Waals surface area contributed by atoms with E-state index in [0.717, 1.165) is 24.9 Å². The summed E-state index contributed by atoms with van der Waals surface area (Å²) in [7, 11) is 0. The molecule has 2 N–H and O–H groups in total. The molecule has 1 fully saturated rings. The molecule has 4 heteroatoms. The minimum Gasteiger partial charge on any atom is -0.506 e. The predicted octanol–water partition coefficient (Wildman–Crippen LogP) is 3.11. The Morgan fingerprint density at radius 3 is 2.87 bits per heavy atom. The van der Waals surface area contributed by atoms with Gasteiger partial charge in [0.05, 0.1) is 4.47 Å². The van der Waals surface area contributed by atoms with Crippen molar-refractivity contribution in [3.05, 3.63) is 28.0 Å². The molecule has 1 aliphatic rings. The van der Waals surface area contributed by atoms with Crippen LogP contribution in [0.1, 0.15) is 30.9 Å². The first-order valence-electron chi connectivity index (χ1n) is 5.10. The maximum absolute atomic E-state index is 13.1. The predicted molar refractivity (Wildman–Crippen MR) is 60.4 cm³/mol. The van der Waals surface area contributed by atoms with Gasteiger partial charge in [0.25, 0.3) is 0 Å². The molecule has 1 aromatic carbocycles. The molecule has 0 bridgehead atoms. The third kappa shape index (κ3) is 2.16. The first-order valence-corrected chi connectivity index (χ1v) is 5.89. The summed E-state index contributed by atoms with van der Waals surface area (Å²) >= 11 is 3.04. The van der Waals surface area contributed by atoms with E-state index < -0.39 is 5.82 Å². The van der Waals surface area contributed by atoms with Crippen LogP contribution in [0.4, 0.5) is 4.39 Å². The van der Waals surface area contributed by atoms with E-state index in [1.54, 1.807) is 6.07 Å². The Morgan fingerprint density at radius 1 is 1.40 bits per heavy atom. The van der Waals surface area contributed by atoms with Gasteiger partial charge in [-0.3, -0.25) is 0 Å². The zero-order chi connectivity index (χ0) is 10.8. The lowest BCUT2D eigenvalue weighted by Crippen LogP contribution is -2.26. The monoisotopic (exact) mass is 273 g/mol. The molecule has 1 atom stereocenters. The largest absolute Gasteiger partial charge is 0.506 e. The second kappa shape index (κ2) is 4.49. The summed E-state index contributed by atoms with van der Waals surface area (Å²) in [5, 5.41) is 13.1. The van der Waals surface area contributed by atoms with Crippen molar-refractivity contribution in [2.75, 3.05) is 6.54 Å². The van der Waals surface area contributed by atoms with Gasteiger partial charge < -0.3 is 10.4 Å². The maximum atomic E-state index is 13.1. The smallest absolute Gasteiger partial charge is 0.141 e. The molecule has 0 spiro atoms. The number of rotatable bonds is 1. The third-order valence-corrected chi connectivity index (χ3v) is 3.54. The molecule has 1 saturated heterocycles. The SMILES string of the molecule is Oc1c([C@H]2CCCCN2)ccc(F)c1Br.